The molecule has 5 heteroatoms. The number of rotatable bonds is 3. The van der Waals surface area contributed by atoms with E-state index >= 15 is 0 Å². The van der Waals surface area contributed by atoms with Crippen LogP contribution in [0.1, 0.15) is 21.5 Å². The topological polar surface area (TPSA) is 47.6 Å². The number of benzene rings is 2. The first-order chi connectivity index (χ1) is 10.1. The van der Waals surface area contributed by atoms with Gasteiger partial charge in [0.1, 0.15) is 5.82 Å². The second-order valence-electron chi connectivity index (χ2n) is 4.80. The number of aryl methyl sites for hydroxylation is 1. The van der Waals surface area contributed by atoms with E-state index in [1.165, 1.54) is 6.07 Å². The van der Waals surface area contributed by atoms with Crippen molar-refractivity contribution in [1.82, 2.24) is 5.32 Å². The molecule has 1 N–H and O–H groups in total. The van der Waals surface area contributed by atoms with Crippen molar-refractivity contribution in [3.63, 3.8) is 0 Å². The first-order valence-corrected chi connectivity index (χ1v) is 6.57. The predicted octanol–water partition coefficient (Wildman–Crippen LogP) is 2.79. The first-order valence-electron chi connectivity index (χ1n) is 6.57. The molecule has 0 radical (unpaired) electrons. The lowest BCUT2D eigenvalue weighted by Gasteiger charge is -2.09. The summed E-state index contributed by atoms with van der Waals surface area (Å²) in [6.07, 6.45) is 0. The largest absolute Gasteiger partial charge is 0.454 e. The van der Waals surface area contributed by atoms with Gasteiger partial charge in [0.2, 0.25) is 6.79 Å². The highest BCUT2D eigenvalue weighted by Crippen LogP contribution is 2.32. The van der Waals surface area contributed by atoms with Gasteiger partial charge in [-0.3, -0.25) is 4.79 Å². The SMILES string of the molecule is Cc1cccc(F)c1C(=O)NCc1ccc2c(c1)OCO2. The van der Waals surface area contributed by atoms with E-state index in [-0.39, 0.29) is 12.4 Å². The zero-order valence-corrected chi connectivity index (χ0v) is 11.5. The maximum atomic E-state index is 13.7. The van der Waals surface area contributed by atoms with Crippen LogP contribution in [0, 0.1) is 12.7 Å². The van der Waals surface area contributed by atoms with Crippen molar-refractivity contribution in [1.29, 1.82) is 0 Å². The van der Waals surface area contributed by atoms with E-state index in [1.807, 2.05) is 6.07 Å². The van der Waals surface area contributed by atoms with E-state index in [0.717, 1.165) is 5.56 Å². The number of hydrogen-bond donors (Lipinski definition) is 1. The molecule has 0 saturated heterocycles. The maximum Gasteiger partial charge on any atom is 0.254 e. The Bertz CT molecular complexity index is 680. The minimum absolute atomic E-state index is 0.0817. The second kappa shape index (κ2) is 5.44. The molecule has 2 aromatic carbocycles. The lowest BCUT2D eigenvalue weighted by Crippen LogP contribution is -2.24. The van der Waals surface area contributed by atoms with Crippen molar-refractivity contribution in [2.45, 2.75) is 13.5 Å². The molecule has 2 aromatic rings. The van der Waals surface area contributed by atoms with Crippen molar-refractivity contribution in [2.24, 2.45) is 0 Å². The van der Waals surface area contributed by atoms with Gasteiger partial charge in [0, 0.05) is 6.54 Å². The summed E-state index contributed by atoms with van der Waals surface area (Å²) < 4.78 is 24.2. The van der Waals surface area contributed by atoms with E-state index in [4.69, 9.17) is 9.47 Å². The molecule has 108 valence electrons. The van der Waals surface area contributed by atoms with Gasteiger partial charge < -0.3 is 14.8 Å². The molecule has 0 bridgehead atoms. The third-order valence-electron chi connectivity index (χ3n) is 3.34. The number of carbonyl (C=O) groups is 1. The number of nitrogens with one attached hydrogen (secondary N) is 1. The second-order valence-corrected chi connectivity index (χ2v) is 4.80. The van der Waals surface area contributed by atoms with Gasteiger partial charge in [-0.15, -0.1) is 0 Å². The van der Waals surface area contributed by atoms with Gasteiger partial charge in [-0.05, 0) is 36.2 Å². The van der Waals surface area contributed by atoms with Crippen LogP contribution >= 0.6 is 0 Å². The fraction of sp³-hybridized carbons (Fsp3) is 0.188. The van der Waals surface area contributed by atoms with Crippen molar-refractivity contribution in [2.75, 3.05) is 6.79 Å². The van der Waals surface area contributed by atoms with Gasteiger partial charge in [0.15, 0.2) is 11.5 Å². The molecule has 1 aliphatic rings. The lowest BCUT2D eigenvalue weighted by atomic mass is 10.1. The number of hydrogen-bond acceptors (Lipinski definition) is 3. The summed E-state index contributed by atoms with van der Waals surface area (Å²) >= 11 is 0. The molecule has 0 atom stereocenters. The van der Waals surface area contributed by atoms with Gasteiger partial charge in [0.05, 0.1) is 5.56 Å². The molecule has 0 unspecified atom stereocenters. The predicted molar refractivity (Wildman–Crippen MR) is 74.9 cm³/mol. The number of halogens is 1. The Labute approximate surface area is 121 Å². The summed E-state index contributed by atoms with van der Waals surface area (Å²) in [4.78, 5) is 12.1. The number of fused-ring (bicyclic) bond motifs is 1. The summed E-state index contributed by atoms with van der Waals surface area (Å²) in [5.41, 5.74) is 1.55. The third kappa shape index (κ3) is 2.67. The van der Waals surface area contributed by atoms with Crippen molar-refractivity contribution in [3.05, 3.63) is 58.9 Å². The number of carbonyl (C=O) groups excluding carboxylic acids is 1. The van der Waals surface area contributed by atoms with Crippen LogP contribution in [0.15, 0.2) is 36.4 Å². The molecule has 0 saturated carbocycles. The van der Waals surface area contributed by atoms with Crippen LogP contribution in [0.5, 0.6) is 11.5 Å². The molecule has 0 spiro atoms. The Balaban J connectivity index is 1.71. The van der Waals surface area contributed by atoms with E-state index < -0.39 is 11.7 Å². The molecule has 0 aromatic heterocycles. The van der Waals surface area contributed by atoms with Crippen LogP contribution in [-0.2, 0) is 6.54 Å². The highest BCUT2D eigenvalue weighted by atomic mass is 19.1. The summed E-state index contributed by atoms with van der Waals surface area (Å²) in [6, 6.07) is 10.00. The molecule has 0 aliphatic carbocycles. The molecule has 1 amide bonds. The van der Waals surface area contributed by atoms with Crippen LogP contribution in [-0.4, -0.2) is 12.7 Å². The average molecular weight is 287 g/mol. The molecule has 0 fully saturated rings. The van der Waals surface area contributed by atoms with Crippen molar-refractivity contribution in [3.8, 4) is 11.5 Å². The smallest absolute Gasteiger partial charge is 0.254 e. The van der Waals surface area contributed by atoms with Crippen molar-refractivity contribution >= 4 is 5.91 Å². The zero-order valence-electron chi connectivity index (χ0n) is 11.5. The molecule has 1 heterocycles. The zero-order chi connectivity index (χ0) is 14.8. The summed E-state index contributed by atoms with van der Waals surface area (Å²) in [5.74, 6) is 0.403. The fourth-order valence-electron chi connectivity index (χ4n) is 2.24. The molecule has 3 rings (SSSR count). The maximum absolute atomic E-state index is 13.7. The third-order valence-corrected chi connectivity index (χ3v) is 3.34. The number of ether oxygens (including phenoxy) is 2. The first kappa shape index (κ1) is 13.4. The van der Waals surface area contributed by atoms with Gasteiger partial charge in [0.25, 0.3) is 5.91 Å². The highest BCUT2D eigenvalue weighted by molar-refractivity contribution is 5.95. The van der Waals surface area contributed by atoms with E-state index in [2.05, 4.69) is 5.32 Å². The van der Waals surface area contributed by atoms with E-state index in [9.17, 15) is 9.18 Å². The van der Waals surface area contributed by atoms with Gasteiger partial charge >= 0.3 is 0 Å². The Morgan fingerprint density at radius 2 is 2.05 bits per heavy atom. The highest BCUT2D eigenvalue weighted by Gasteiger charge is 2.16. The lowest BCUT2D eigenvalue weighted by molar-refractivity contribution is 0.0946. The molecule has 4 nitrogen and oxygen atoms in total. The van der Waals surface area contributed by atoms with Crippen molar-refractivity contribution < 1.29 is 18.7 Å². The van der Waals surface area contributed by atoms with Gasteiger partial charge in [-0.25, -0.2) is 4.39 Å². The van der Waals surface area contributed by atoms with E-state index in [0.29, 0.717) is 23.6 Å². The van der Waals surface area contributed by atoms with Crippen LogP contribution in [0.2, 0.25) is 0 Å². The molecule has 1 aliphatic heterocycles. The van der Waals surface area contributed by atoms with Crippen LogP contribution < -0.4 is 14.8 Å². The van der Waals surface area contributed by atoms with Gasteiger partial charge in [-0.2, -0.15) is 0 Å². The molecular weight excluding hydrogens is 273 g/mol. The average Bonchev–Trinajstić information content (AvgIpc) is 2.92. The Kier molecular flexibility index (Phi) is 3.48. The van der Waals surface area contributed by atoms with Crippen LogP contribution in [0.25, 0.3) is 0 Å². The normalized spacial score (nSPS) is 12.3. The molecular formula is C16H14FNO3. The Hall–Kier alpha value is -2.56. The van der Waals surface area contributed by atoms with E-state index in [1.54, 1.807) is 31.2 Å². The Morgan fingerprint density at radius 1 is 1.24 bits per heavy atom. The molecule has 21 heavy (non-hydrogen) atoms. The van der Waals surface area contributed by atoms with Gasteiger partial charge in [-0.1, -0.05) is 18.2 Å². The minimum atomic E-state index is -0.516. The quantitative estimate of drug-likeness (QED) is 0.944. The summed E-state index contributed by atoms with van der Waals surface area (Å²) in [6.45, 7) is 2.21. The summed E-state index contributed by atoms with van der Waals surface area (Å²) in [5, 5.41) is 2.71. The summed E-state index contributed by atoms with van der Waals surface area (Å²) in [7, 11) is 0. The van der Waals surface area contributed by atoms with Crippen LogP contribution in [0.3, 0.4) is 0 Å². The monoisotopic (exact) mass is 287 g/mol. The fourth-order valence-corrected chi connectivity index (χ4v) is 2.24. The minimum Gasteiger partial charge on any atom is -0.454 e. The number of amides is 1. The standard InChI is InChI=1S/C16H14FNO3/c1-10-3-2-4-12(17)15(10)16(19)18-8-11-5-6-13-14(7-11)21-9-20-13/h2-7H,8-9H2,1H3,(H,18,19). The van der Waals surface area contributed by atoms with Crippen LogP contribution in [0.4, 0.5) is 4.39 Å². The Morgan fingerprint density at radius 3 is 2.86 bits per heavy atom.